The first kappa shape index (κ1) is 12.0. The van der Waals surface area contributed by atoms with E-state index in [1.165, 1.54) is 0 Å². The molecule has 1 nitrogen and oxygen atoms in total. The molecule has 0 amide bonds. The third kappa shape index (κ3) is 3.22. The molecule has 0 aliphatic carbocycles. The highest BCUT2D eigenvalue weighted by atomic mass is 19.1. The molecule has 0 radical (unpaired) electrons. The Morgan fingerprint density at radius 1 is 1.27 bits per heavy atom. The second kappa shape index (κ2) is 4.21. The molecular weight excluding hydrogens is 191 g/mol. The van der Waals surface area contributed by atoms with Gasteiger partial charge in [0.1, 0.15) is 11.6 Å². The van der Waals surface area contributed by atoms with Crippen LogP contribution in [0.2, 0.25) is 0 Å². The van der Waals surface area contributed by atoms with Crippen molar-refractivity contribution in [3.05, 3.63) is 29.1 Å². The molecular formula is C13H19FO. The van der Waals surface area contributed by atoms with Crippen molar-refractivity contribution in [2.24, 2.45) is 5.41 Å². The van der Waals surface area contributed by atoms with E-state index >= 15 is 0 Å². The second-order valence-corrected chi connectivity index (χ2v) is 5.15. The lowest BCUT2D eigenvalue weighted by atomic mass is 9.87. The smallest absolute Gasteiger partial charge is 0.126 e. The Balaban J connectivity index is 3.11. The van der Waals surface area contributed by atoms with E-state index in [9.17, 15) is 4.39 Å². The van der Waals surface area contributed by atoms with Crippen molar-refractivity contribution in [1.29, 1.82) is 0 Å². The summed E-state index contributed by atoms with van der Waals surface area (Å²) in [6.07, 6.45) is 0.813. The van der Waals surface area contributed by atoms with Crippen LogP contribution in [0.4, 0.5) is 4.39 Å². The lowest BCUT2D eigenvalue weighted by Crippen LogP contribution is -2.10. The summed E-state index contributed by atoms with van der Waals surface area (Å²) in [6.45, 7) is 8.14. The van der Waals surface area contributed by atoms with E-state index in [0.29, 0.717) is 5.56 Å². The monoisotopic (exact) mass is 210 g/mol. The summed E-state index contributed by atoms with van der Waals surface area (Å²) in [5.74, 6) is 0.624. The topological polar surface area (TPSA) is 9.23 Å². The van der Waals surface area contributed by atoms with Crippen LogP contribution in [0.25, 0.3) is 0 Å². The van der Waals surface area contributed by atoms with Gasteiger partial charge in [-0.1, -0.05) is 20.8 Å². The zero-order chi connectivity index (χ0) is 11.6. The van der Waals surface area contributed by atoms with Crippen molar-refractivity contribution in [1.82, 2.24) is 0 Å². The molecule has 1 aromatic rings. The highest BCUT2D eigenvalue weighted by molar-refractivity contribution is 5.38. The third-order valence-corrected chi connectivity index (χ3v) is 2.28. The van der Waals surface area contributed by atoms with Crippen LogP contribution in [0.5, 0.6) is 5.75 Å². The molecule has 0 saturated carbocycles. The van der Waals surface area contributed by atoms with Gasteiger partial charge in [-0.15, -0.1) is 0 Å². The van der Waals surface area contributed by atoms with Gasteiger partial charge >= 0.3 is 0 Å². The lowest BCUT2D eigenvalue weighted by Gasteiger charge is -2.20. The number of hydrogen-bond donors (Lipinski definition) is 0. The number of ether oxygens (including phenoxy) is 1. The molecule has 0 N–H and O–H groups in total. The zero-order valence-electron chi connectivity index (χ0n) is 10.1. The molecule has 0 unspecified atom stereocenters. The fourth-order valence-electron chi connectivity index (χ4n) is 1.60. The molecule has 0 spiro atoms. The number of benzene rings is 1. The molecule has 0 fully saturated rings. The highest BCUT2D eigenvalue weighted by Gasteiger charge is 2.16. The summed E-state index contributed by atoms with van der Waals surface area (Å²) in [6, 6.07) is 3.34. The van der Waals surface area contributed by atoms with Crippen LogP contribution in [0.15, 0.2) is 12.1 Å². The molecule has 0 aliphatic rings. The van der Waals surface area contributed by atoms with E-state index in [4.69, 9.17) is 4.74 Å². The van der Waals surface area contributed by atoms with E-state index in [-0.39, 0.29) is 11.2 Å². The Labute approximate surface area is 91.3 Å². The largest absolute Gasteiger partial charge is 0.496 e. The van der Waals surface area contributed by atoms with Crippen molar-refractivity contribution < 1.29 is 9.13 Å². The van der Waals surface area contributed by atoms with Gasteiger partial charge in [-0.3, -0.25) is 0 Å². The zero-order valence-corrected chi connectivity index (χ0v) is 10.1. The van der Waals surface area contributed by atoms with Crippen molar-refractivity contribution in [2.45, 2.75) is 34.1 Å². The SMILES string of the molecule is COc1cc(C)c(F)cc1CC(C)(C)C. The van der Waals surface area contributed by atoms with Gasteiger partial charge in [0, 0.05) is 0 Å². The van der Waals surface area contributed by atoms with E-state index in [0.717, 1.165) is 17.7 Å². The third-order valence-electron chi connectivity index (χ3n) is 2.28. The summed E-state index contributed by atoms with van der Waals surface area (Å²) in [7, 11) is 1.62. The number of rotatable bonds is 2. The maximum atomic E-state index is 13.4. The highest BCUT2D eigenvalue weighted by Crippen LogP contribution is 2.29. The van der Waals surface area contributed by atoms with Crippen molar-refractivity contribution in [3.8, 4) is 5.75 Å². The maximum absolute atomic E-state index is 13.4. The van der Waals surface area contributed by atoms with Crippen molar-refractivity contribution >= 4 is 0 Å². The van der Waals surface area contributed by atoms with Crippen LogP contribution in [-0.4, -0.2) is 7.11 Å². The summed E-state index contributed by atoms with van der Waals surface area (Å²) in [5, 5.41) is 0. The van der Waals surface area contributed by atoms with Gasteiger partial charge in [-0.05, 0) is 42.0 Å². The maximum Gasteiger partial charge on any atom is 0.126 e. The Morgan fingerprint density at radius 2 is 1.87 bits per heavy atom. The minimum absolute atomic E-state index is 0.134. The summed E-state index contributed by atoms with van der Waals surface area (Å²) in [4.78, 5) is 0. The van der Waals surface area contributed by atoms with Crippen LogP contribution in [0.3, 0.4) is 0 Å². The Morgan fingerprint density at radius 3 is 2.33 bits per heavy atom. The van der Waals surface area contributed by atoms with Crippen molar-refractivity contribution in [2.75, 3.05) is 7.11 Å². The van der Waals surface area contributed by atoms with Gasteiger partial charge in [0.25, 0.3) is 0 Å². The first-order valence-electron chi connectivity index (χ1n) is 5.16. The van der Waals surface area contributed by atoms with E-state index in [1.807, 2.05) is 0 Å². The van der Waals surface area contributed by atoms with Crippen molar-refractivity contribution in [3.63, 3.8) is 0 Å². The molecule has 15 heavy (non-hydrogen) atoms. The van der Waals surface area contributed by atoms with Crippen LogP contribution >= 0.6 is 0 Å². The van der Waals surface area contributed by atoms with Gasteiger partial charge in [-0.25, -0.2) is 4.39 Å². The van der Waals surface area contributed by atoms with E-state index < -0.39 is 0 Å². The minimum Gasteiger partial charge on any atom is -0.496 e. The first-order valence-corrected chi connectivity index (χ1v) is 5.16. The molecule has 0 heterocycles. The number of aryl methyl sites for hydroxylation is 1. The molecule has 0 atom stereocenters. The molecule has 1 rings (SSSR count). The Kier molecular flexibility index (Phi) is 3.38. The number of halogens is 1. The molecule has 0 aliphatic heterocycles. The van der Waals surface area contributed by atoms with E-state index in [1.54, 1.807) is 26.2 Å². The Hall–Kier alpha value is -1.05. The molecule has 1 aromatic carbocycles. The van der Waals surface area contributed by atoms with Crippen LogP contribution < -0.4 is 4.74 Å². The molecule has 0 aromatic heterocycles. The number of methoxy groups -OCH3 is 1. The van der Waals surface area contributed by atoms with Gasteiger partial charge in [-0.2, -0.15) is 0 Å². The quantitative estimate of drug-likeness (QED) is 0.722. The van der Waals surface area contributed by atoms with Crippen LogP contribution in [0, 0.1) is 18.2 Å². The summed E-state index contributed by atoms with van der Waals surface area (Å²) < 4.78 is 18.7. The molecule has 2 heteroatoms. The Bertz CT molecular complexity index is 350. The second-order valence-electron chi connectivity index (χ2n) is 5.15. The van der Waals surface area contributed by atoms with Gasteiger partial charge in [0.05, 0.1) is 7.11 Å². The van der Waals surface area contributed by atoms with Gasteiger partial charge in [0.15, 0.2) is 0 Å². The standard InChI is InChI=1S/C13H19FO/c1-9-6-12(15-5)10(7-11(9)14)8-13(2,3)4/h6-7H,8H2,1-5H3. The molecule has 84 valence electrons. The lowest BCUT2D eigenvalue weighted by molar-refractivity contribution is 0.377. The van der Waals surface area contributed by atoms with Crippen LogP contribution in [0.1, 0.15) is 31.9 Å². The number of hydrogen-bond acceptors (Lipinski definition) is 1. The average Bonchev–Trinajstić information content (AvgIpc) is 2.08. The van der Waals surface area contributed by atoms with E-state index in [2.05, 4.69) is 20.8 Å². The minimum atomic E-state index is -0.157. The average molecular weight is 210 g/mol. The molecule has 0 bridgehead atoms. The normalized spacial score (nSPS) is 11.6. The summed E-state index contributed by atoms with van der Waals surface area (Å²) in [5.41, 5.74) is 1.70. The fourth-order valence-corrected chi connectivity index (χ4v) is 1.60. The van der Waals surface area contributed by atoms with Crippen LogP contribution in [-0.2, 0) is 6.42 Å². The molecule has 0 saturated heterocycles. The first-order chi connectivity index (χ1) is 6.83. The predicted molar refractivity (Wildman–Crippen MR) is 60.8 cm³/mol. The van der Waals surface area contributed by atoms with Gasteiger partial charge in [0.2, 0.25) is 0 Å². The predicted octanol–water partition coefficient (Wildman–Crippen LogP) is 3.73. The fraction of sp³-hybridized carbons (Fsp3) is 0.538. The summed E-state index contributed by atoms with van der Waals surface area (Å²) >= 11 is 0. The van der Waals surface area contributed by atoms with Gasteiger partial charge < -0.3 is 4.74 Å².